The molecule has 0 saturated carbocycles. The Bertz CT molecular complexity index is 785. The Morgan fingerprint density at radius 3 is 2.95 bits per heavy atom. The van der Waals surface area contributed by atoms with Crippen molar-refractivity contribution in [2.24, 2.45) is 5.41 Å². The highest BCUT2D eigenvalue weighted by Gasteiger charge is 2.27. The van der Waals surface area contributed by atoms with Gasteiger partial charge in [-0.15, -0.1) is 0 Å². The Labute approximate surface area is 111 Å². The summed E-state index contributed by atoms with van der Waals surface area (Å²) in [5.74, 6) is 0.965. The number of hydrogen-bond donors (Lipinski definition) is 1. The number of hydrogen-bond acceptors (Lipinski definition) is 3. The second kappa shape index (κ2) is 3.47. The van der Waals surface area contributed by atoms with Gasteiger partial charge in [0.25, 0.3) is 0 Å². The van der Waals surface area contributed by atoms with Crippen molar-refractivity contribution in [3.63, 3.8) is 0 Å². The summed E-state index contributed by atoms with van der Waals surface area (Å²) in [6.45, 7) is 6.50. The Balaban J connectivity index is 2.11. The third-order valence-corrected chi connectivity index (χ3v) is 3.79. The maximum absolute atomic E-state index is 4.66. The molecule has 0 bridgehead atoms. The van der Waals surface area contributed by atoms with Crippen LogP contribution in [0.3, 0.4) is 0 Å². The molecule has 0 saturated heterocycles. The number of pyridine rings is 1. The lowest BCUT2D eigenvalue weighted by atomic mass is 9.92. The standard InChI is InChI=1S/C15H16N4/c1-15(2)8-17-14-18-12-7-16-11-6-4-3-5-10(11)13(12)19(14)9-15/h3-7H,8-9H2,1-2H3,(H,17,18). The molecule has 0 atom stereocenters. The van der Waals surface area contributed by atoms with E-state index in [1.165, 1.54) is 10.9 Å². The predicted octanol–water partition coefficient (Wildman–Crippen LogP) is 3.04. The van der Waals surface area contributed by atoms with Gasteiger partial charge in [0.2, 0.25) is 5.95 Å². The minimum atomic E-state index is 0.241. The van der Waals surface area contributed by atoms with Gasteiger partial charge in [0, 0.05) is 23.9 Å². The third kappa shape index (κ3) is 1.52. The van der Waals surface area contributed by atoms with E-state index in [0.717, 1.165) is 30.1 Å². The van der Waals surface area contributed by atoms with Crippen LogP contribution in [0.2, 0.25) is 0 Å². The quantitative estimate of drug-likeness (QED) is 0.668. The van der Waals surface area contributed by atoms with Crippen LogP contribution in [0.4, 0.5) is 5.95 Å². The van der Waals surface area contributed by atoms with E-state index in [1.54, 1.807) is 0 Å². The summed E-state index contributed by atoms with van der Waals surface area (Å²) in [4.78, 5) is 9.14. The van der Waals surface area contributed by atoms with Gasteiger partial charge in [-0.1, -0.05) is 32.0 Å². The minimum absolute atomic E-state index is 0.241. The van der Waals surface area contributed by atoms with Crippen molar-refractivity contribution in [2.75, 3.05) is 11.9 Å². The monoisotopic (exact) mass is 252 g/mol. The molecule has 0 unspecified atom stereocenters. The topological polar surface area (TPSA) is 42.7 Å². The fraction of sp³-hybridized carbons (Fsp3) is 0.333. The number of aromatic nitrogens is 3. The van der Waals surface area contributed by atoms with Crippen molar-refractivity contribution in [1.29, 1.82) is 0 Å². The number of fused-ring (bicyclic) bond motifs is 5. The molecule has 3 heterocycles. The Hall–Kier alpha value is -2.10. The summed E-state index contributed by atoms with van der Waals surface area (Å²) in [5.41, 5.74) is 3.44. The zero-order valence-electron chi connectivity index (χ0n) is 11.1. The lowest BCUT2D eigenvalue weighted by Gasteiger charge is -2.31. The van der Waals surface area contributed by atoms with E-state index >= 15 is 0 Å². The molecule has 4 rings (SSSR count). The molecular formula is C15H16N4. The van der Waals surface area contributed by atoms with Gasteiger partial charge in [0.15, 0.2) is 0 Å². The van der Waals surface area contributed by atoms with Crippen LogP contribution < -0.4 is 5.32 Å². The average Bonchev–Trinajstić information content (AvgIpc) is 2.75. The lowest BCUT2D eigenvalue weighted by molar-refractivity contribution is 0.315. The van der Waals surface area contributed by atoms with Gasteiger partial charge in [-0.25, -0.2) is 4.98 Å². The van der Waals surface area contributed by atoms with Gasteiger partial charge in [0.05, 0.1) is 17.2 Å². The van der Waals surface area contributed by atoms with Gasteiger partial charge in [-0.2, -0.15) is 0 Å². The van der Waals surface area contributed by atoms with Crippen LogP contribution >= 0.6 is 0 Å². The van der Waals surface area contributed by atoms with E-state index < -0.39 is 0 Å². The second-order valence-corrected chi connectivity index (χ2v) is 6.05. The summed E-state index contributed by atoms with van der Waals surface area (Å²) >= 11 is 0. The number of anilines is 1. The Morgan fingerprint density at radius 2 is 2.05 bits per heavy atom. The maximum Gasteiger partial charge on any atom is 0.203 e. The van der Waals surface area contributed by atoms with Crippen LogP contribution in [-0.2, 0) is 6.54 Å². The molecule has 1 aliphatic heterocycles. The third-order valence-electron chi connectivity index (χ3n) is 3.79. The summed E-state index contributed by atoms with van der Waals surface area (Å²) in [6, 6.07) is 8.26. The fourth-order valence-corrected chi connectivity index (χ4v) is 2.85. The van der Waals surface area contributed by atoms with Gasteiger partial charge >= 0.3 is 0 Å². The predicted molar refractivity (Wildman–Crippen MR) is 77.3 cm³/mol. The number of imidazole rings is 1. The van der Waals surface area contributed by atoms with E-state index in [4.69, 9.17) is 0 Å². The summed E-state index contributed by atoms with van der Waals surface area (Å²) < 4.78 is 2.29. The van der Waals surface area contributed by atoms with Crippen LogP contribution in [0.5, 0.6) is 0 Å². The molecule has 0 fully saturated rings. The second-order valence-electron chi connectivity index (χ2n) is 6.05. The van der Waals surface area contributed by atoms with Crippen LogP contribution in [0.25, 0.3) is 21.9 Å². The van der Waals surface area contributed by atoms with Gasteiger partial charge in [-0.3, -0.25) is 4.98 Å². The number of nitrogens with zero attached hydrogens (tertiary/aromatic N) is 3. The van der Waals surface area contributed by atoms with E-state index in [0.29, 0.717) is 0 Å². The molecular weight excluding hydrogens is 236 g/mol. The van der Waals surface area contributed by atoms with Crippen LogP contribution in [-0.4, -0.2) is 21.1 Å². The highest BCUT2D eigenvalue weighted by Crippen LogP contribution is 2.33. The molecule has 4 nitrogen and oxygen atoms in total. The molecule has 2 aromatic heterocycles. The normalized spacial score (nSPS) is 17.4. The highest BCUT2D eigenvalue weighted by atomic mass is 15.2. The molecule has 96 valence electrons. The Kier molecular flexibility index (Phi) is 1.97. The van der Waals surface area contributed by atoms with Gasteiger partial charge in [0.1, 0.15) is 5.52 Å². The minimum Gasteiger partial charge on any atom is -0.355 e. The highest BCUT2D eigenvalue weighted by molar-refractivity contribution is 6.03. The zero-order chi connectivity index (χ0) is 13.0. The zero-order valence-corrected chi connectivity index (χ0v) is 11.1. The SMILES string of the molecule is CC1(C)CNc2nc3cnc4ccccc4c3n2C1. The number of rotatable bonds is 0. The molecule has 1 aromatic carbocycles. The maximum atomic E-state index is 4.66. The van der Waals surface area contributed by atoms with Crippen molar-refractivity contribution >= 4 is 27.9 Å². The number of para-hydroxylation sites is 1. The first kappa shape index (κ1) is 10.8. The molecule has 19 heavy (non-hydrogen) atoms. The van der Waals surface area contributed by atoms with Crippen molar-refractivity contribution in [3.05, 3.63) is 30.5 Å². The van der Waals surface area contributed by atoms with E-state index in [2.05, 4.69) is 51.9 Å². The molecule has 0 amide bonds. The van der Waals surface area contributed by atoms with Gasteiger partial charge in [-0.05, 0) is 6.07 Å². The fourth-order valence-electron chi connectivity index (χ4n) is 2.85. The first-order chi connectivity index (χ1) is 9.14. The van der Waals surface area contributed by atoms with Crippen LogP contribution in [0, 0.1) is 5.41 Å². The van der Waals surface area contributed by atoms with Crippen molar-refractivity contribution in [1.82, 2.24) is 14.5 Å². The molecule has 0 aliphatic carbocycles. The van der Waals surface area contributed by atoms with E-state index in [1.807, 2.05) is 12.3 Å². The smallest absolute Gasteiger partial charge is 0.203 e. The van der Waals surface area contributed by atoms with Gasteiger partial charge < -0.3 is 9.88 Å². The molecule has 3 aromatic rings. The van der Waals surface area contributed by atoms with Crippen molar-refractivity contribution in [3.8, 4) is 0 Å². The first-order valence-corrected chi connectivity index (χ1v) is 6.62. The van der Waals surface area contributed by atoms with Crippen molar-refractivity contribution in [2.45, 2.75) is 20.4 Å². The summed E-state index contributed by atoms with van der Waals surface area (Å²) in [6.07, 6.45) is 1.87. The summed E-state index contributed by atoms with van der Waals surface area (Å²) in [5, 5.41) is 4.61. The number of nitrogens with one attached hydrogen (secondary N) is 1. The van der Waals surface area contributed by atoms with Crippen LogP contribution in [0.1, 0.15) is 13.8 Å². The molecule has 0 radical (unpaired) electrons. The molecule has 0 spiro atoms. The average molecular weight is 252 g/mol. The van der Waals surface area contributed by atoms with Crippen molar-refractivity contribution < 1.29 is 0 Å². The number of benzene rings is 1. The van der Waals surface area contributed by atoms with Crippen LogP contribution in [0.15, 0.2) is 30.5 Å². The van der Waals surface area contributed by atoms with E-state index in [9.17, 15) is 0 Å². The first-order valence-electron chi connectivity index (χ1n) is 6.62. The molecule has 1 aliphatic rings. The van der Waals surface area contributed by atoms with E-state index in [-0.39, 0.29) is 5.41 Å². The molecule has 4 heteroatoms. The Morgan fingerprint density at radius 1 is 1.21 bits per heavy atom. The summed E-state index contributed by atoms with van der Waals surface area (Å²) in [7, 11) is 0. The largest absolute Gasteiger partial charge is 0.355 e. The molecule has 1 N–H and O–H groups in total. The lowest BCUT2D eigenvalue weighted by Crippen LogP contribution is -2.34.